The maximum atomic E-state index is 12.5. The Morgan fingerprint density at radius 1 is 1.21 bits per heavy atom. The Hall–Kier alpha value is -2.57. The van der Waals surface area contributed by atoms with Crippen molar-refractivity contribution >= 4 is 29.1 Å². The van der Waals surface area contributed by atoms with Crippen LogP contribution in [0, 0.1) is 0 Å². The SMILES string of the molecule is C[C@H](Oc1ccc(Cl)cc1)C(=O)Nc1ccccc1C(=O)NC[C@@H]1CCCO1. The largest absolute Gasteiger partial charge is 0.481 e. The number of rotatable bonds is 7. The molecular formula is C21H23ClN2O4. The number of para-hydroxylation sites is 1. The third-order valence-corrected chi connectivity index (χ3v) is 4.69. The van der Waals surface area contributed by atoms with Gasteiger partial charge >= 0.3 is 0 Å². The van der Waals surface area contributed by atoms with Gasteiger partial charge in [-0.1, -0.05) is 23.7 Å². The predicted octanol–water partition coefficient (Wildman–Crippen LogP) is 3.65. The Morgan fingerprint density at radius 2 is 1.96 bits per heavy atom. The van der Waals surface area contributed by atoms with Gasteiger partial charge in [-0.15, -0.1) is 0 Å². The maximum absolute atomic E-state index is 12.5. The molecule has 0 saturated carbocycles. The number of amides is 2. The van der Waals surface area contributed by atoms with Gasteiger partial charge in [-0.3, -0.25) is 9.59 Å². The Balaban J connectivity index is 1.60. The van der Waals surface area contributed by atoms with Gasteiger partial charge < -0.3 is 20.1 Å². The molecule has 2 aromatic rings. The normalized spacial score (nSPS) is 17.0. The molecule has 148 valence electrons. The van der Waals surface area contributed by atoms with Crippen LogP contribution in [0.2, 0.25) is 5.02 Å². The second-order valence-electron chi connectivity index (χ2n) is 6.59. The van der Waals surface area contributed by atoms with Crippen molar-refractivity contribution in [3.8, 4) is 5.75 Å². The van der Waals surface area contributed by atoms with Crippen LogP contribution in [0.1, 0.15) is 30.1 Å². The first-order valence-corrected chi connectivity index (χ1v) is 9.62. The Kier molecular flexibility index (Phi) is 6.90. The Morgan fingerprint density at radius 3 is 2.68 bits per heavy atom. The number of carbonyl (C=O) groups is 2. The van der Waals surface area contributed by atoms with E-state index in [1.807, 2.05) is 0 Å². The van der Waals surface area contributed by atoms with Crippen molar-refractivity contribution in [2.24, 2.45) is 0 Å². The van der Waals surface area contributed by atoms with Gasteiger partial charge in [-0.2, -0.15) is 0 Å². The highest BCUT2D eigenvalue weighted by molar-refractivity contribution is 6.30. The minimum atomic E-state index is -0.746. The molecule has 2 N–H and O–H groups in total. The van der Waals surface area contributed by atoms with Crippen LogP contribution in [0.15, 0.2) is 48.5 Å². The number of anilines is 1. The van der Waals surface area contributed by atoms with Crippen molar-refractivity contribution in [3.05, 3.63) is 59.1 Å². The zero-order valence-corrected chi connectivity index (χ0v) is 16.4. The molecule has 1 fully saturated rings. The quantitative estimate of drug-likeness (QED) is 0.741. The molecule has 2 aromatic carbocycles. The van der Waals surface area contributed by atoms with Gasteiger partial charge in [0.2, 0.25) is 0 Å². The van der Waals surface area contributed by atoms with E-state index in [1.54, 1.807) is 55.5 Å². The topological polar surface area (TPSA) is 76.7 Å². The van der Waals surface area contributed by atoms with Gasteiger partial charge in [0.15, 0.2) is 6.10 Å². The van der Waals surface area contributed by atoms with Gasteiger partial charge in [-0.05, 0) is 56.2 Å². The molecule has 1 saturated heterocycles. The lowest BCUT2D eigenvalue weighted by molar-refractivity contribution is -0.122. The average molecular weight is 403 g/mol. The predicted molar refractivity (Wildman–Crippen MR) is 108 cm³/mol. The molecule has 3 rings (SSSR count). The number of nitrogens with one attached hydrogen (secondary N) is 2. The van der Waals surface area contributed by atoms with E-state index in [1.165, 1.54) is 0 Å². The monoisotopic (exact) mass is 402 g/mol. The summed E-state index contributed by atoms with van der Waals surface area (Å²) in [5.41, 5.74) is 0.830. The zero-order valence-electron chi connectivity index (χ0n) is 15.6. The highest BCUT2D eigenvalue weighted by Crippen LogP contribution is 2.19. The van der Waals surface area contributed by atoms with Crippen LogP contribution < -0.4 is 15.4 Å². The molecule has 1 aliphatic heterocycles. The first-order valence-electron chi connectivity index (χ1n) is 9.25. The molecule has 7 heteroatoms. The summed E-state index contributed by atoms with van der Waals surface area (Å²) in [5, 5.41) is 6.23. The lowest BCUT2D eigenvalue weighted by Crippen LogP contribution is -2.34. The number of carbonyl (C=O) groups excluding carboxylic acids is 2. The van der Waals surface area contributed by atoms with E-state index in [-0.39, 0.29) is 17.9 Å². The summed E-state index contributed by atoms with van der Waals surface area (Å²) < 4.78 is 11.2. The number of benzene rings is 2. The molecule has 0 radical (unpaired) electrons. The standard InChI is InChI=1S/C21H23ClN2O4/c1-14(28-16-10-8-15(22)9-11-16)20(25)24-19-7-3-2-6-18(19)21(26)23-13-17-5-4-12-27-17/h2-3,6-11,14,17H,4-5,12-13H2,1H3,(H,23,26)(H,24,25)/t14-,17-/m0/s1. The zero-order chi connectivity index (χ0) is 19.9. The van der Waals surface area contributed by atoms with Gasteiger partial charge in [0.1, 0.15) is 5.75 Å². The Labute approximate surface area is 169 Å². The molecule has 0 aliphatic carbocycles. The van der Waals surface area contributed by atoms with Crippen LogP contribution in [0.5, 0.6) is 5.75 Å². The summed E-state index contributed by atoms with van der Waals surface area (Å²) in [4.78, 5) is 25.0. The smallest absolute Gasteiger partial charge is 0.265 e. The molecule has 0 spiro atoms. The van der Waals surface area contributed by atoms with E-state index in [9.17, 15) is 9.59 Å². The maximum Gasteiger partial charge on any atom is 0.265 e. The first-order chi connectivity index (χ1) is 13.5. The van der Waals surface area contributed by atoms with Gasteiger partial charge in [0.25, 0.3) is 11.8 Å². The van der Waals surface area contributed by atoms with E-state index >= 15 is 0 Å². The summed E-state index contributed by atoms with van der Waals surface area (Å²) in [7, 11) is 0. The lowest BCUT2D eigenvalue weighted by atomic mass is 10.1. The number of halogens is 1. The van der Waals surface area contributed by atoms with Crippen molar-refractivity contribution in [2.45, 2.75) is 32.0 Å². The average Bonchev–Trinajstić information content (AvgIpc) is 3.22. The minimum absolute atomic E-state index is 0.0542. The van der Waals surface area contributed by atoms with E-state index in [0.29, 0.717) is 28.6 Å². The molecular weight excluding hydrogens is 380 g/mol. The number of hydrogen-bond donors (Lipinski definition) is 2. The second kappa shape index (κ2) is 9.57. The van der Waals surface area contributed by atoms with Crippen LogP contribution in [-0.4, -0.2) is 37.2 Å². The van der Waals surface area contributed by atoms with Crippen LogP contribution in [0.3, 0.4) is 0 Å². The molecule has 0 bridgehead atoms. The molecule has 2 amide bonds. The first kappa shape index (κ1) is 20.2. The molecule has 1 aliphatic rings. The summed E-state index contributed by atoms with van der Waals surface area (Å²) in [5.74, 6) is -0.0679. The minimum Gasteiger partial charge on any atom is -0.481 e. The van der Waals surface area contributed by atoms with Crippen molar-refractivity contribution in [1.82, 2.24) is 5.32 Å². The van der Waals surface area contributed by atoms with Crippen molar-refractivity contribution < 1.29 is 19.1 Å². The van der Waals surface area contributed by atoms with Crippen LogP contribution in [0.4, 0.5) is 5.69 Å². The van der Waals surface area contributed by atoms with Crippen LogP contribution in [-0.2, 0) is 9.53 Å². The third kappa shape index (κ3) is 5.47. The molecule has 6 nitrogen and oxygen atoms in total. The van der Waals surface area contributed by atoms with Crippen molar-refractivity contribution in [3.63, 3.8) is 0 Å². The third-order valence-electron chi connectivity index (χ3n) is 4.44. The number of ether oxygens (including phenoxy) is 2. The molecule has 1 heterocycles. The number of hydrogen-bond acceptors (Lipinski definition) is 4. The Bertz CT molecular complexity index is 819. The van der Waals surface area contributed by atoms with Crippen LogP contribution in [0.25, 0.3) is 0 Å². The van der Waals surface area contributed by atoms with E-state index in [4.69, 9.17) is 21.1 Å². The highest BCUT2D eigenvalue weighted by Gasteiger charge is 2.20. The fraction of sp³-hybridized carbons (Fsp3) is 0.333. The summed E-state index contributed by atoms with van der Waals surface area (Å²) >= 11 is 5.85. The van der Waals surface area contributed by atoms with E-state index in [0.717, 1.165) is 19.4 Å². The molecule has 28 heavy (non-hydrogen) atoms. The molecule has 0 aromatic heterocycles. The van der Waals surface area contributed by atoms with E-state index in [2.05, 4.69) is 10.6 Å². The second-order valence-corrected chi connectivity index (χ2v) is 7.03. The fourth-order valence-electron chi connectivity index (χ4n) is 2.90. The highest BCUT2D eigenvalue weighted by atomic mass is 35.5. The van der Waals surface area contributed by atoms with Crippen LogP contribution >= 0.6 is 11.6 Å². The van der Waals surface area contributed by atoms with E-state index < -0.39 is 6.10 Å². The van der Waals surface area contributed by atoms with Gasteiger partial charge in [-0.25, -0.2) is 0 Å². The van der Waals surface area contributed by atoms with Gasteiger partial charge in [0.05, 0.1) is 17.4 Å². The fourth-order valence-corrected chi connectivity index (χ4v) is 3.03. The lowest BCUT2D eigenvalue weighted by Gasteiger charge is -2.17. The summed E-state index contributed by atoms with van der Waals surface area (Å²) in [6.07, 6.45) is 1.26. The van der Waals surface area contributed by atoms with Crippen molar-refractivity contribution in [1.29, 1.82) is 0 Å². The van der Waals surface area contributed by atoms with Crippen molar-refractivity contribution in [2.75, 3.05) is 18.5 Å². The van der Waals surface area contributed by atoms with Gasteiger partial charge in [0, 0.05) is 18.2 Å². The summed E-state index contributed by atoms with van der Waals surface area (Å²) in [6, 6.07) is 13.6. The molecule has 0 unspecified atom stereocenters. The molecule has 2 atom stereocenters. The summed E-state index contributed by atoms with van der Waals surface area (Å²) in [6.45, 7) is 2.83.